The van der Waals surface area contributed by atoms with Crippen LogP contribution in [0.2, 0.25) is 0 Å². The summed E-state index contributed by atoms with van der Waals surface area (Å²) in [5.41, 5.74) is 0.867. The van der Waals surface area contributed by atoms with Crippen molar-refractivity contribution >= 4 is 6.03 Å². The molecule has 1 saturated heterocycles. The molecular formula is C12H18N4O. The van der Waals surface area contributed by atoms with E-state index in [2.05, 4.69) is 27.6 Å². The SMILES string of the molecule is CN1CC[C@@H](NC(=O)NCc2ccccn2)C1. The maximum Gasteiger partial charge on any atom is 0.315 e. The van der Waals surface area contributed by atoms with Gasteiger partial charge >= 0.3 is 6.03 Å². The summed E-state index contributed by atoms with van der Waals surface area (Å²) in [5, 5.41) is 5.77. The lowest BCUT2D eigenvalue weighted by Crippen LogP contribution is -2.42. The summed E-state index contributed by atoms with van der Waals surface area (Å²) < 4.78 is 0. The summed E-state index contributed by atoms with van der Waals surface area (Å²) >= 11 is 0. The van der Waals surface area contributed by atoms with Crippen molar-refractivity contribution in [3.63, 3.8) is 0 Å². The second-order valence-electron chi connectivity index (χ2n) is 4.40. The normalized spacial score (nSPS) is 20.2. The van der Waals surface area contributed by atoms with Gasteiger partial charge < -0.3 is 15.5 Å². The number of aromatic nitrogens is 1. The Labute approximate surface area is 101 Å². The van der Waals surface area contributed by atoms with Crippen molar-refractivity contribution in [1.82, 2.24) is 20.5 Å². The third kappa shape index (κ3) is 3.71. The van der Waals surface area contributed by atoms with Crippen molar-refractivity contribution in [1.29, 1.82) is 0 Å². The third-order valence-electron chi connectivity index (χ3n) is 2.88. The number of pyridine rings is 1. The van der Waals surface area contributed by atoms with E-state index in [9.17, 15) is 4.79 Å². The Morgan fingerprint density at radius 2 is 2.47 bits per heavy atom. The molecule has 2 N–H and O–H groups in total. The lowest BCUT2D eigenvalue weighted by atomic mass is 10.3. The Bertz CT molecular complexity index is 368. The van der Waals surface area contributed by atoms with Crippen molar-refractivity contribution < 1.29 is 4.79 Å². The van der Waals surface area contributed by atoms with E-state index >= 15 is 0 Å². The van der Waals surface area contributed by atoms with Gasteiger partial charge in [-0.15, -0.1) is 0 Å². The number of amides is 2. The number of carbonyl (C=O) groups excluding carboxylic acids is 1. The number of hydrogen-bond acceptors (Lipinski definition) is 3. The van der Waals surface area contributed by atoms with Gasteiger partial charge in [-0.1, -0.05) is 6.07 Å². The zero-order valence-electron chi connectivity index (χ0n) is 10.0. The number of likely N-dealkylation sites (N-methyl/N-ethyl adjacent to an activating group) is 1. The van der Waals surface area contributed by atoms with Crippen LogP contribution in [0, 0.1) is 0 Å². The molecule has 0 spiro atoms. The molecule has 0 saturated carbocycles. The molecule has 1 aliphatic heterocycles. The first-order chi connectivity index (χ1) is 8.24. The molecular weight excluding hydrogens is 216 g/mol. The van der Waals surface area contributed by atoms with E-state index in [0.29, 0.717) is 6.54 Å². The molecule has 0 radical (unpaired) electrons. The van der Waals surface area contributed by atoms with Gasteiger partial charge in [0.1, 0.15) is 0 Å². The fourth-order valence-corrected chi connectivity index (χ4v) is 1.96. The largest absolute Gasteiger partial charge is 0.334 e. The van der Waals surface area contributed by atoms with Crippen molar-refractivity contribution in [3.8, 4) is 0 Å². The predicted octanol–water partition coefficient (Wildman–Crippen LogP) is 0.585. The van der Waals surface area contributed by atoms with Gasteiger partial charge in [0, 0.05) is 18.8 Å². The predicted molar refractivity (Wildman–Crippen MR) is 65.5 cm³/mol. The molecule has 0 aromatic carbocycles. The van der Waals surface area contributed by atoms with Crippen LogP contribution in [-0.2, 0) is 6.54 Å². The maximum atomic E-state index is 11.6. The van der Waals surface area contributed by atoms with Gasteiger partial charge in [-0.05, 0) is 32.1 Å². The van der Waals surface area contributed by atoms with Gasteiger partial charge in [-0.2, -0.15) is 0 Å². The summed E-state index contributed by atoms with van der Waals surface area (Å²) in [5.74, 6) is 0. The van der Waals surface area contributed by atoms with Gasteiger partial charge in [-0.3, -0.25) is 4.98 Å². The second kappa shape index (κ2) is 5.63. The van der Waals surface area contributed by atoms with Crippen LogP contribution in [0.5, 0.6) is 0 Å². The lowest BCUT2D eigenvalue weighted by Gasteiger charge is -2.13. The minimum absolute atomic E-state index is 0.115. The monoisotopic (exact) mass is 234 g/mol. The van der Waals surface area contributed by atoms with E-state index in [1.165, 1.54) is 0 Å². The highest BCUT2D eigenvalue weighted by Crippen LogP contribution is 2.05. The third-order valence-corrected chi connectivity index (χ3v) is 2.88. The molecule has 17 heavy (non-hydrogen) atoms. The number of likely N-dealkylation sites (tertiary alicyclic amines) is 1. The molecule has 5 heteroatoms. The Morgan fingerprint density at radius 1 is 1.59 bits per heavy atom. The fraction of sp³-hybridized carbons (Fsp3) is 0.500. The molecule has 2 amide bonds. The molecule has 1 aromatic heterocycles. The smallest absolute Gasteiger partial charge is 0.315 e. The number of carbonyl (C=O) groups is 1. The lowest BCUT2D eigenvalue weighted by molar-refractivity contribution is 0.236. The van der Waals surface area contributed by atoms with Crippen molar-refractivity contribution in [3.05, 3.63) is 30.1 Å². The first kappa shape index (κ1) is 11.9. The molecule has 0 aliphatic carbocycles. The quantitative estimate of drug-likeness (QED) is 0.804. The number of nitrogens with one attached hydrogen (secondary N) is 2. The average molecular weight is 234 g/mol. The van der Waals surface area contributed by atoms with E-state index < -0.39 is 0 Å². The van der Waals surface area contributed by atoms with E-state index in [0.717, 1.165) is 25.2 Å². The van der Waals surface area contributed by atoms with Crippen molar-refractivity contribution in [2.45, 2.75) is 19.0 Å². The van der Waals surface area contributed by atoms with Gasteiger partial charge in [0.05, 0.1) is 12.2 Å². The van der Waals surface area contributed by atoms with Crippen LogP contribution in [0.3, 0.4) is 0 Å². The van der Waals surface area contributed by atoms with Crippen molar-refractivity contribution in [2.75, 3.05) is 20.1 Å². The minimum Gasteiger partial charge on any atom is -0.334 e. The topological polar surface area (TPSA) is 57.3 Å². The average Bonchev–Trinajstić information content (AvgIpc) is 2.73. The molecule has 1 fully saturated rings. The molecule has 1 atom stereocenters. The number of hydrogen-bond donors (Lipinski definition) is 2. The van der Waals surface area contributed by atoms with Gasteiger partial charge in [0.2, 0.25) is 0 Å². The maximum absolute atomic E-state index is 11.6. The zero-order valence-corrected chi connectivity index (χ0v) is 10.0. The summed E-state index contributed by atoms with van der Waals surface area (Å²) in [7, 11) is 2.06. The number of nitrogens with zero attached hydrogens (tertiary/aromatic N) is 2. The summed E-state index contributed by atoms with van der Waals surface area (Å²) in [4.78, 5) is 18.0. The van der Waals surface area contributed by atoms with Gasteiger partial charge in [0.25, 0.3) is 0 Å². The van der Waals surface area contributed by atoms with Gasteiger partial charge in [-0.25, -0.2) is 4.79 Å². The van der Waals surface area contributed by atoms with Crippen LogP contribution in [0.4, 0.5) is 4.79 Å². The summed E-state index contributed by atoms with van der Waals surface area (Å²) in [6.07, 6.45) is 2.74. The van der Waals surface area contributed by atoms with Crippen LogP contribution in [0.15, 0.2) is 24.4 Å². The fourth-order valence-electron chi connectivity index (χ4n) is 1.96. The highest BCUT2D eigenvalue weighted by Gasteiger charge is 2.20. The first-order valence-corrected chi connectivity index (χ1v) is 5.87. The van der Waals surface area contributed by atoms with Crippen LogP contribution < -0.4 is 10.6 Å². The highest BCUT2D eigenvalue weighted by molar-refractivity contribution is 5.74. The van der Waals surface area contributed by atoms with E-state index in [1.807, 2.05) is 18.2 Å². The summed E-state index contributed by atoms with van der Waals surface area (Å²) in [6, 6.07) is 5.81. The second-order valence-corrected chi connectivity index (χ2v) is 4.40. The number of urea groups is 1. The Kier molecular flexibility index (Phi) is 3.93. The van der Waals surface area contributed by atoms with E-state index in [4.69, 9.17) is 0 Å². The van der Waals surface area contributed by atoms with Crippen LogP contribution >= 0.6 is 0 Å². The van der Waals surface area contributed by atoms with Crippen LogP contribution in [0.25, 0.3) is 0 Å². The molecule has 92 valence electrons. The van der Waals surface area contributed by atoms with E-state index in [1.54, 1.807) is 6.20 Å². The zero-order chi connectivity index (χ0) is 12.1. The highest BCUT2D eigenvalue weighted by atomic mass is 16.2. The van der Waals surface area contributed by atoms with Crippen LogP contribution in [0.1, 0.15) is 12.1 Å². The Hall–Kier alpha value is -1.62. The molecule has 2 heterocycles. The number of rotatable bonds is 3. The van der Waals surface area contributed by atoms with Crippen molar-refractivity contribution in [2.24, 2.45) is 0 Å². The molecule has 5 nitrogen and oxygen atoms in total. The minimum atomic E-state index is -0.115. The molecule has 0 unspecified atom stereocenters. The van der Waals surface area contributed by atoms with Crippen LogP contribution in [-0.4, -0.2) is 42.1 Å². The Balaban J connectivity index is 1.71. The first-order valence-electron chi connectivity index (χ1n) is 5.87. The summed E-state index contributed by atoms with van der Waals surface area (Å²) in [6.45, 7) is 2.44. The molecule has 1 aromatic rings. The Morgan fingerprint density at radius 3 is 3.12 bits per heavy atom. The standard InChI is InChI=1S/C12H18N4O/c1-16-7-5-11(9-16)15-12(17)14-8-10-4-2-3-6-13-10/h2-4,6,11H,5,7-9H2,1H3,(H2,14,15,17)/t11-/m1/s1. The molecule has 0 bridgehead atoms. The molecule has 2 rings (SSSR count). The molecule has 1 aliphatic rings. The van der Waals surface area contributed by atoms with Gasteiger partial charge in [0.15, 0.2) is 0 Å². The van der Waals surface area contributed by atoms with E-state index in [-0.39, 0.29) is 12.1 Å².